The fourth-order valence-corrected chi connectivity index (χ4v) is 3.21. The van der Waals surface area contributed by atoms with E-state index >= 15 is 0 Å². The Morgan fingerprint density at radius 2 is 1.92 bits per heavy atom. The van der Waals surface area contributed by atoms with Gasteiger partial charge in [-0.3, -0.25) is 4.79 Å². The van der Waals surface area contributed by atoms with Crippen molar-refractivity contribution in [3.63, 3.8) is 0 Å². The molecular weight excluding hydrogens is 359 g/mol. The van der Waals surface area contributed by atoms with Crippen LogP contribution in [-0.4, -0.2) is 28.5 Å². The Morgan fingerprint density at radius 1 is 1.19 bits per heavy atom. The lowest BCUT2D eigenvalue weighted by atomic mass is 10.2. The van der Waals surface area contributed by atoms with Crippen LogP contribution in [0.1, 0.15) is 11.1 Å². The second-order valence-corrected chi connectivity index (χ2v) is 7.26. The van der Waals surface area contributed by atoms with E-state index in [1.165, 1.54) is 44.5 Å². The van der Waals surface area contributed by atoms with Gasteiger partial charge in [-0.05, 0) is 55.4 Å². The Labute approximate surface area is 151 Å². The maximum absolute atomic E-state index is 13.6. The van der Waals surface area contributed by atoms with Gasteiger partial charge in [-0.1, -0.05) is 12.1 Å². The van der Waals surface area contributed by atoms with Crippen molar-refractivity contribution in [2.75, 3.05) is 19.5 Å². The maximum Gasteiger partial charge on any atom is 0.248 e. The van der Waals surface area contributed by atoms with Gasteiger partial charge in [-0.15, -0.1) is 0 Å². The van der Waals surface area contributed by atoms with Gasteiger partial charge in [0.05, 0.1) is 12.0 Å². The Kier molecular flexibility index (Phi) is 6.12. The fraction of sp³-hybridized carbons (Fsp3) is 0.167. The molecule has 0 atom stereocenters. The van der Waals surface area contributed by atoms with Gasteiger partial charge in [0.25, 0.3) is 0 Å². The predicted octanol–water partition coefficient (Wildman–Crippen LogP) is 2.70. The number of rotatable bonds is 6. The summed E-state index contributed by atoms with van der Waals surface area (Å²) in [5.74, 6) is -0.891. The van der Waals surface area contributed by atoms with Crippen molar-refractivity contribution in [3.05, 3.63) is 59.4 Å². The summed E-state index contributed by atoms with van der Waals surface area (Å²) >= 11 is 0. The summed E-state index contributed by atoms with van der Waals surface area (Å²) in [4.78, 5) is 12.1. The van der Waals surface area contributed by atoms with Crippen molar-refractivity contribution in [2.24, 2.45) is 0 Å². The van der Waals surface area contributed by atoms with Crippen molar-refractivity contribution in [1.29, 1.82) is 0 Å². The molecule has 0 aliphatic heterocycles. The maximum atomic E-state index is 13.6. The molecule has 0 bridgehead atoms. The van der Waals surface area contributed by atoms with Gasteiger partial charge in [0, 0.05) is 11.8 Å². The third-order valence-electron chi connectivity index (χ3n) is 3.62. The normalized spacial score (nSPS) is 11.5. The lowest BCUT2D eigenvalue weighted by molar-refractivity contribution is -0.111. The van der Waals surface area contributed by atoms with E-state index < -0.39 is 21.7 Å². The number of nitrogens with one attached hydrogen (secondary N) is 2. The minimum absolute atomic E-state index is 0.0824. The monoisotopic (exact) mass is 378 g/mol. The number of aryl methyl sites for hydroxylation is 1. The number of hydrogen-bond acceptors (Lipinski definition) is 4. The third kappa shape index (κ3) is 4.68. The minimum atomic E-state index is -3.63. The van der Waals surface area contributed by atoms with Gasteiger partial charge in [-0.25, -0.2) is 17.5 Å². The van der Waals surface area contributed by atoms with Crippen LogP contribution >= 0.6 is 0 Å². The molecule has 0 unspecified atom stereocenters. The number of ether oxygens (including phenoxy) is 1. The van der Waals surface area contributed by atoms with Crippen LogP contribution in [0.5, 0.6) is 5.75 Å². The molecule has 0 fully saturated rings. The van der Waals surface area contributed by atoms with Crippen LogP contribution in [0.2, 0.25) is 0 Å². The summed E-state index contributed by atoms with van der Waals surface area (Å²) in [6.45, 7) is 1.66. The van der Waals surface area contributed by atoms with Crippen LogP contribution < -0.4 is 14.8 Å². The SMILES string of the molecule is CNS(=O)(=O)c1cc(NC(=O)/C=C/c2ccc(OC)c(F)c2)ccc1C. The molecule has 6 nitrogen and oxygen atoms in total. The van der Waals surface area contributed by atoms with Crippen molar-refractivity contribution in [2.45, 2.75) is 11.8 Å². The molecule has 26 heavy (non-hydrogen) atoms. The van der Waals surface area contributed by atoms with Crippen LogP contribution in [0.3, 0.4) is 0 Å². The highest BCUT2D eigenvalue weighted by molar-refractivity contribution is 7.89. The van der Waals surface area contributed by atoms with Crippen LogP contribution in [0, 0.1) is 12.7 Å². The molecule has 8 heteroatoms. The topological polar surface area (TPSA) is 84.5 Å². The first-order valence-corrected chi connectivity index (χ1v) is 9.12. The molecular formula is C18H19FN2O4S. The zero-order valence-electron chi connectivity index (χ0n) is 14.5. The number of carbonyl (C=O) groups excluding carboxylic acids is 1. The van der Waals surface area contributed by atoms with Gasteiger partial charge in [0.1, 0.15) is 0 Å². The van der Waals surface area contributed by atoms with E-state index in [0.29, 0.717) is 16.8 Å². The van der Waals surface area contributed by atoms with Crippen molar-refractivity contribution < 1.29 is 22.3 Å². The summed E-state index contributed by atoms with van der Waals surface area (Å²) in [5.41, 5.74) is 1.38. The Hall–Kier alpha value is -2.71. The van der Waals surface area contributed by atoms with Gasteiger partial charge < -0.3 is 10.1 Å². The van der Waals surface area contributed by atoms with Gasteiger partial charge >= 0.3 is 0 Å². The quantitative estimate of drug-likeness (QED) is 0.757. The van der Waals surface area contributed by atoms with E-state index in [4.69, 9.17) is 4.74 Å². The molecule has 138 valence electrons. The van der Waals surface area contributed by atoms with E-state index in [-0.39, 0.29) is 10.6 Å². The lowest BCUT2D eigenvalue weighted by Gasteiger charge is -2.09. The first-order valence-electron chi connectivity index (χ1n) is 7.63. The summed E-state index contributed by atoms with van der Waals surface area (Å²) in [6.07, 6.45) is 2.67. The molecule has 0 saturated heterocycles. The summed E-state index contributed by atoms with van der Waals surface area (Å²) in [5, 5.41) is 2.58. The largest absolute Gasteiger partial charge is 0.494 e. The van der Waals surface area contributed by atoms with E-state index in [1.807, 2.05) is 0 Å². The van der Waals surface area contributed by atoms with Gasteiger partial charge in [0.15, 0.2) is 11.6 Å². The molecule has 0 spiro atoms. The van der Waals surface area contributed by atoms with Crippen LogP contribution in [0.4, 0.5) is 10.1 Å². The van der Waals surface area contributed by atoms with Gasteiger partial charge in [-0.2, -0.15) is 0 Å². The minimum Gasteiger partial charge on any atom is -0.494 e. The number of hydrogen-bond donors (Lipinski definition) is 2. The number of halogens is 1. The van der Waals surface area contributed by atoms with Crippen molar-refractivity contribution in [3.8, 4) is 5.75 Å². The molecule has 0 aromatic heterocycles. The van der Waals surface area contributed by atoms with Gasteiger partial charge in [0.2, 0.25) is 15.9 Å². The van der Waals surface area contributed by atoms with E-state index in [1.54, 1.807) is 25.1 Å². The standard InChI is InChI=1S/C18H19FN2O4S/c1-12-4-7-14(11-17(12)26(23,24)20-2)21-18(22)9-6-13-5-8-16(25-3)15(19)10-13/h4-11,20H,1-3H3,(H,21,22)/b9-6+. The predicted molar refractivity (Wildman–Crippen MR) is 98.0 cm³/mol. The lowest BCUT2D eigenvalue weighted by Crippen LogP contribution is -2.20. The molecule has 1 amide bonds. The highest BCUT2D eigenvalue weighted by Gasteiger charge is 2.15. The molecule has 0 saturated carbocycles. The van der Waals surface area contributed by atoms with E-state index in [0.717, 1.165) is 0 Å². The molecule has 2 N–H and O–H groups in total. The van der Waals surface area contributed by atoms with Crippen LogP contribution in [-0.2, 0) is 14.8 Å². The first-order chi connectivity index (χ1) is 12.3. The van der Waals surface area contributed by atoms with Crippen LogP contribution in [0.25, 0.3) is 6.08 Å². The smallest absolute Gasteiger partial charge is 0.248 e. The number of methoxy groups -OCH3 is 1. The fourth-order valence-electron chi connectivity index (χ4n) is 2.22. The molecule has 0 aliphatic rings. The van der Waals surface area contributed by atoms with Crippen LogP contribution in [0.15, 0.2) is 47.4 Å². The highest BCUT2D eigenvalue weighted by atomic mass is 32.2. The average molecular weight is 378 g/mol. The molecule has 0 radical (unpaired) electrons. The number of amides is 1. The van der Waals surface area contributed by atoms with Crippen molar-refractivity contribution in [1.82, 2.24) is 4.72 Å². The van der Waals surface area contributed by atoms with E-state index in [2.05, 4.69) is 10.0 Å². The molecule has 0 heterocycles. The Balaban J connectivity index is 2.15. The number of carbonyl (C=O) groups is 1. The molecule has 2 rings (SSSR count). The summed E-state index contributed by atoms with van der Waals surface area (Å²) in [6, 6.07) is 8.88. The zero-order valence-corrected chi connectivity index (χ0v) is 15.4. The molecule has 2 aromatic rings. The van der Waals surface area contributed by atoms with Crippen molar-refractivity contribution >= 4 is 27.7 Å². The zero-order chi connectivity index (χ0) is 19.3. The second kappa shape index (κ2) is 8.11. The molecule has 2 aromatic carbocycles. The Bertz CT molecular complexity index is 956. The molecule has 0 aliphatic carbocycles. The third-order valence-corrected chi connectivity index (χ3v) is 5.17. The number of anilines is 1. The second-order valence-electron chi connectivity index (χ2n) is 5.40. The number of benzene rings is 2. The number of sulfonamides is 1. The highest BCUT2D eigenvalue weighted by Crippen LogP contribution is 2.20. The average Bonchev–Trinajstić information content (AvgIpc) is 2.61. The first kappa shape index (κ1) is 19.6. The van der Waals surface area contributed by atoms with E-state index in [9.17, 15) is 17.6 Å². The Morgan fingerprint density at radius 3 is 2.54 bits per heavy atom. The summed E-state index contributed by atoms with van der Waals surface area (Å²) < 4.78 is 44.6. The summed E-state index contributed by atoms with van der Waals surface area (Å²) in [7, 11) is -0.944.